The molecule has 1 aliphatic rings. The van der Waals surface area contributed by atoms with Gasteiger partial charge in [-0.15, -0.1) is 0 Å². The maximum absolute atomic E-state index is 6.22. The zero-order chi connectivity index (χ0) is 10.1. The Morgan fingerprint density at radius 2 is 2.08 bits per heavy atom. The first-order valence-electron chi connectivity index (χ1n) is 5.30. The Kier molecular flexibility index (Phi) is 3.70. The molecule has 1 nitrogen and oxygen atoms in total. The fourth-order valence-corrected chi connectivity index (χ4v) is 3.36. The molecule has 0 aromatic heterocycles. The van der Waals surface area contributed by atoms with Gasteiger partial charge in [0, 0.05) is 11.3 Å². The maximum Gasteiger partial charge on any atom is 0.0211 e. The standard InChI is InChI=1S/C11H23NS/c1-8(2)7-13-9-5-6-11(3,4)10(9)12/h8-10H,5-7,12H2,1-4H3. The van der Waals surface area contributed by atoms with Gasteiger partial charge in [-0.3, -0.25) is 0 Å². The Morgan fingerprint density at radius 3 is 2.46 bits per heavy atom. The Hall–Kier alpha value is 0.310. The minimum atomic E-state index is 0.370. The van der Waals surface area contributed by atoms with Crippen LogP contribution in [0, 0.1) is 11.3 Å². The molecule has 13 heavy (non-hydrogen) atoms. The van der Waals surface area contributed by atoms with E-state index < -0.39 is 0 Å². The average Bonchev–Trinajstić information content (AvgIpc) is 2.25. The number of hydrogen-bond donors (Lipinski definition) is 1. The van der Waals surface area contributed by atoms with Crippen LogP contribution in [0.25, 0.3) is 0 Å². The minimum absolute atomic E-state index is 0.370. The Morgan fingerprint density at radius 1 is 1.46 bits per heavy atom. The normalized spacial score (nSPS) is 32.8. The summed E-state index contributed by atoms with van der Waals surface area (Å²) >= 11 is 2.08. The molecule has 0 radical (unpaired) electrons. The van der Waals surface area contributed by atoms with Crippen molar-refractivity contribution in [1.82, 2.24) is 0 Å². The van der Waals surface area contributed by atoms with Gasteiger partial charge in [0.05, 0.1) is 0 Å². The second-order valence-corrected chi connectivity index (χ2v) is 6.59. The molecule has 2 atom stereocenters. The highest BCUT2D eigenvalue weighted by Crippen LogP contribution is 2.41. The van der Waals surface area contributed by atoms with E-state index in [0.717, 1.165) is 5.92 Å². The second-order valence-electron chi connectivity index (χ2n) is 5.32. The third-order valence-corrected chi connectivity index (χ3v) is 4.84. The lowest BCUT2D eigenvalue weighted by Gasteiger charge is -2.26. The van der Waals surface area contributed by atoms with Crippen LogP contribution in [0.3, 0.4) is 0 Å². The predicted octanol–water partition coefficient (Wildman–Crippen LogP) is 2.89. The molecular weight excluding hydrogens is 178 g/mol. The molecule has 0 heterocycles. The first-order valence-corrected chi connectivity index (χ1v) is 6.35. The quantitative estimate of drug-likeness (QED) is 0.760. The fourth-order valence-electron chi connectivity index (χ4n) is 1.87. The van der Waals surface area contributed by atoms with Crippen molar-refractivity contribution in [3.8, 4) is 0 Å². The molecule has 0 spiro atoms. The molecule has 2 heteroatoms. The highest BCUT2D eigenvalue weighted by molar-refractivity contribution is 7.99. The van der Waals surface area contributed by atoms with Gasteiger partial charge in [0.25, 0.3) is 0 Å². The zero-order valence-electron chi connectivity index (χ0n) is 9.34. The van der Waals surface area contributed by atoms with Crippen molar-refractivity contribution < 1.29 is 0 Å². The summed E-state index contributed by atoms with van der Waals surface area (Å²) in [6, 6.07) is 0.399. The van der Waals surface area contributed by atoms with Gasteiger partial charge in [-0.05, 0) is 29.9 Å². The number of hydrogen-bond acceptors (Lipinski definition) is 2. The van der Waals surface area contributed by atoms with Crippen molar-refractivity contribution in [3.63, 3.8) is 0 Å². The monoisotopic (exact) mass is 201 g/mol. The number of rotatable bonds is 3. The van der Waals surface area contributed by atoms with E-state index in [2.05, 4.69) is 39.5 Å². The van der Waals surface area contributed by atoms with E-state index in [1.54, 1.807) is 0 Å². The molecule has 2 unspecified atom stereocenters. The minimum Gasteiger partial charge on any atom is -0.326 e. The topological polar surface area (TPSA) is 26.0 Å². The molecule has 0 bridgehead atoms. The molecule has 1 fully saturated rings. The van der Waals surface area contributed by atoms with Gasteiger partial charge < -0.3 is 5.73 Å². The van der Waals surface area contributed by atoms with E-state index in [4.69, 9.17) is 5.73 Å². The summed E-state index contributed by atoms with van der Waals surface area (Å²) in [6.45, 7) is 9.15. The molecule has 1 saturated carbocycles. The molecule has 78 valence electrons. The van der Waals surface area contributed by atoms with Crippen molar-refractivity contribution in [2.24, 2.45) is 17.1 Å². The number of thioether (sulfide) groups is 1. The van der Waals surface area contributed by atoms with Gasteiger partial charge in [-0.25, -0.2) is 0 Å². The summed E-state index contributed by atoms with van der Waals surface area (Å²) in [6.07, 6.45) is 2.61. The lowest BCUT2D eigenvalue weighted by Crippen LogP contribution is -2.38. The first kappa shape index (κ1) is 11.4. The van der Waals surface area contributed by atoms with Crippen LogP contribution in [0.15, 0.2) is 0 Å². The van der Waals surface area contributed by atoms with Crippen LogP contribution < -0.4 is 5.73 Å². The van der Waals surface area contributed by atoms with Crippen molar-refractivity contribution in [3.05, 3.63) is 0 Å². The highest BCUT2D eigenvalue weighted by Gasteiger charge is 2.39. The second kappa shape index (κ2) is 4.22. The smallest absolute Gasteiger partial charge is 0.0211 e. The summed E-state index contributed by atoms with van der Waals surface area (Å²) in [5.74, 6) is 2.05. The molecule has 0 amide bonds. The molecular formula is C11H23NS. The van der Waals surface area contributed by atoms with Crippen LogP contribution >= 0.6 is 11.8 Å². The molecule has 1 rings (SSSR count). The molecule has 0 saturated heterocycles. The van der Waals surface area contributed by atoms with Crippen LogP contribution in [0.5, 0.6) is 0 Å². The number of nitrogens with two attached hydrogens (primary N) is 1. The molecule has 1 aliphatic carbocycles. The van der Waals surface area contributed by atoms with E-state index >= 15 is 0 Å². The fraction of sp³-hybridized carbons (Fsp3) is 1.00. The van der Waals surface area contributed by atoms with Crippen molar-refractivity contribution in [2.75, 3.05) is 5.75 Å². The zero-order valence-corrected chi connectivity index (χ0v) is 10.2. The van der Waals surface area contributed by atoms with Crippen molar-refractivity contribution in [2.45, 2.75) is 51.8 Å². The summed E-state index contributed by atoms with van der Waals surface area (Å²) in [5.41, 5.74) is 6.59. The molecule has 0 aromatic rings. The highest BCUT2D eigenvalue weighted by atomic mass is 32.2. The van der Waals surface area contributed by atoms with Gasteiger partial charge in [0.1, 0.15) is 0 Å². The van der Waals surface area contributed by atoms with Gasteiger partial charge >= 0.3 is 0 Å². The van der Waals surface area contributed by atoms with Gasteiger partial charge in [0.15, 0.2) is 0 Å². The van der Waals surface area contributed by atoms with Gasteiger partial charge in [-0.2, -0.15) is 11.8 Å². The van der Waals surface area contributed by atoms with Crippen LogP contribution in [0.4, 0.5) is 0 Å². The van der Waals surface area contributed by atoms with E-state index in [-0.39, 0.29) is 0 Å². The van der Waals surface area contributed by atoms with Crippen LogP contribution in [0.2, 0.25) is 0 Å². The lowest BCUT2D eigenvalue weighted by atomic mass is 9.88. The predicted molar refractivity (Wildman–Crippen MR) is 62.1 cm³/mol. The first-order chi connectivity index (χ1) is 5.93. The van der Waals surface area contributed by atoms with Crippen LogP contribution in [0.1, 0.15) is 40.5 Å². The molecule has 2 N–H and O–H groups in total. The summed E-state index contributed by atoms with van der Waals surface area (Å²) in [5, 5.41) is 0.706. The van der Waals surface area contributed by atoms with Gasteiger partial charge in [-0.1, -0.05) is 27.7 Å². The Bertz CT molecular complexity index is 165. The molecule has 0 aliphatic heterocycles. The van der Waals surface area contributed by atoms with Crippen molar-refractivity contribution >= 4 is 11.8 Å². The van der Waals surface area contributed by atoms with E-state index in [9.17, 15) is 0 Å². The van der Waals surface area contributed by atoms with Crippen molar-refractivity contribution in [1.29, 1.82) is 0 Å². The van der Waals surface area contributed by atoms with E-state index in [1.807, 2.05) is 0 Å². The maximum atomic E-state index is 6.22. The largest absolute Gasteiger partial charge is 0.326 e. The third-order valence-electron chi connectivity index (χ3n) is 3.02. The average molecular weight is 201 g/mol. The SMILES string of the molecule is CC(C)CSC1CCC(C)(C)C1N. The van der Waals surface area contributed by atoms with E-state index in [1.165, 1.54) is 18.6 Å². The van der Waals surface area contributed by atoms with Crippen LogP contribution in [-0.4, -0.2) is 17.0 Å². The van der Waals surface area contributed by atoms with E-state index in [0.29, 0.717) is 16.7 Å². The molecule has 0 aromatic carbocycles. The third kappa shape index (κ3) is 2.88. The Labute approximate surface area is 86.8 Å². The lowest BCUT2D eigenvalue weighted by molar-refractivity contribution is 0.334. The Balaban J connectivity index is 2.37. The van der Waals surface area contributed by atoms with Gasteiger partial charge in [0.2, 0.25) is 0 Å². The summed E-state index contributed by atoms with van der Waals surface area (Å²) < 4.78 is 0. The van der Waals surface area contributed by atoms with Crippen LogP contribution in [-0.2, 0) is 0 Å². The summed E-state index contributed by atoms with van der Waals surface area (Å²) in [4.78, 5) is 0. The summed E-state index contributed by atoms with van der Waals surface area (Å²) in [7, 11) is 0.